The molecule has 4 aromatic carbocycles. The summed E-state index contributed by atoms with van der Waals surface area (Å²) in [6.45, 7) is 0. The second kappa shape index (κ2) is 10.7. The van der Waals surface area contributed by atoms with Gasteiger partial charge in [0.2, 0.25) is 0 Å². The number of hydrazone groups is 1. The van der Waals surface area contributed by atoms with Crippen LogP contribution in [0.5, 0.6) is 5.75 Å². The topological polar surface area (TPSA) is 71.8 Å². The Hall–Kier alpha value is -4.31. The van der Waals surface area contributed by atoms with Crippen LogP contribution in [0.4, 0.5) is 4.79 Å². The van der Waals surface area contributed by atoms with Crippen molar-refractivity contribution in [3.8, 4) is 22.7 Å². The molecular formula is C34H23BrClN5O2S. The summed E-state index contributed by atoms with van der Waals surface area (Å²) in [5.41, 5.74) is 6.38. The number of benzene rings is 4. The second-order valence-electron chi connectivity index (χ2n) is 10.6. The third-order valence-corrected chi connectivity index (χ3v) is 9.55. The Labute approximate surface area is 271 Å². The van der Waals surface area contributed by atoms with Gasteiger partial charge in [-0.3, -0.25) is 10.1 Å². The van der Waals surface area contributed by atoms with Crippen LogP contribution >= 0.6 is 39.3 Å². The molecule has 7 nitrogen and oxygen atoms in total. The molecule has 1 N–H and O–H groups in total. The predicted molar refractivity (Wildman–Crippen MR) is 178 cm³/mol. The van der Waals surface area contributed by atoms with Gasteiger partial charge in [-0.25, -0.2) is 9.69 Å². The van der Waals surface area contributed by atoms with E-state index in [1.807, 2.05) is 119 Å². The van der Waals surface area contributed by atoms with Crippen molar-refractivity contribution in [2.24, 2.45) is 5.10 Å². The van der Waals surface area contributed by atoms with Crippen LogP contribution < -0.4 is 10.1 Å². The van der Waals surface area contributed by atoms with E-state index in [0.717, 1.165) is 55.6 Å². The first-order chi connectivity index (χ1) is 21.5. The van der Waals surface area contributed by atoms with Crippen molar-refractivity contribution in [2.45, 2.75) is 18.3 Å². The first-order valence-corrected chi connectivity index (χ1v) is 16.0. The smallest absolute Gasteiger partial charge is 0.314 e. The Balaban J connectivity index is 1.30. The van der Waals surface area contributed by atoms with Crippen molar-refractivity contribution in [2.75, 3.05) is 0 Å². The maximum absolute atomic E-state index is 13.3. The van der Waals surface area contributed by atoms with Gasteiger partial charge < -0.3 is 4.74 Å². The van der Waals surface area contributed by atoms with Crippen LogP contribution in [-0.4, -0.2) is 31.6 Å². The minimum absolute atomic E-state index is 0.176. The van der Waals surface area contributed by atoms with Gasteiger partial charge in [0.05, 0.1) is 28.0 Å². The molecule has 1 saturated heterocycles. The Kier molecular flexibility index (Phi) is 6.62. The molecule has 4 heterocycles. The highest BCUT2D eigenvalue weighted by atomic mass is 79.9. The van der Waals surface area contributed by atoms with Crippen LogP contribution in [0.15, 0.2) is 124 Å². The van der Waals surface area contributed by atoms with Gasteiger partial charge in [0, 0.05) is 38.8 Å². The lowest BCUT2D eigenvalue weighted by Gasteiger charge is -2.45. The molecule has 10 heteroatoms. The molecule has 0 radical (unpaired) electrons. The third-order valence-electron chi connectivity index (χ3n) is 7.90. The van der Waals surface area contributed by atoms with Crippen molar-refractivity contribution in [1.29, 1.82) is 0 Å². The van der Waals surface area contributed by atoms with Crippen LogP contribution in [-0.2, 0) is 0 Å². The largest absolute Gasteiger partial charge is 0.444 e. The van der Waals surface area contributed by atoms with Crippen LogP contribution in [0.25, 0.3) is 23.0 Å². The molecule has 1 spiro atoms. The first-order valence-electron chi connectivity index (χ1n) is 14.0. The Morgan fingerprint density at radius 1 is 0.977 bits per heavy atom. The molecule has 3 aliphatic rings. The molecule has 3 aliphatic heterocycles. The average molecular weight is 681 g/mol. The number of hydrogen-bond acceptors (Lipinski definition) is 6. The van der Waals surface area contributed by atoms with Gasteiger partial charge in [-0.1, -0.05) is 88.2 Å². The first kappa shape index (κ1) is 27.3. The maximum Gasteiger partial charge on any atom is 0.314 e. The van der Waals surface area contributed by atoms with Crippen molar-refractivity contribution in [3.63, 3.8) is 0 Å². The molecule has 216 valence electrons. The fraction of sp³-hybridized carbons (Fsp3) is 0.0882. The van der Waals surface area contributed by atoms with Gasteiger partial charge >= 0.3 is 5.85 Å². The summed E-state index contributed by atoms with van der Waals surface area (Å²) in [7, 11) is 0. The molecule has 2 atom stereocenters. The minimum atomic E-state index is -1.34. The minimum Gasteiger partial charge on any atom is -0.444 e. The Bertz CT molecular complexity index is 1980. The number of carbonyl (C=O) groups excluding carboxylic acids is 1. The highest BCUT2D eigenvalue weighted by Crippen LogP contribution is 2.53. The van der Waals surface area contributed by atoms with E-state index in [4.69, 9.17) is 26.5 Å². The zero-order valence-corrected chi connectivity index (χ0v) is 26.2. The standard InChI is InChI=1S/C34H23BrClN5O2S/c35-24-13-16-30-27(18-24)29-19-28(21-11-14-25(36)15-12-21)38-41(29)34(43-30)31(44-33(42)37-34)17-23-20-40(26-9-5-2-6-10-26)39-32(23)22-7-3-1-4-8-22/h1-18,20,29H,19H2,(H,37,42). The van der Waals surface area contributed by atoms with E-state index in [2.05, 4.69) is 27.3 Å². The van der Waals surface area contributed by atoms with Crippen molar-refractivity contribution < 1.29 is 9.53 Å². The number of carbonyl (C=O) groups is 1. The van der Waals surface area contributed by atoms with Gasteiger partial charge in [-0.2, -0.15) is 10.2 Å². The number of aromatic nitrogens is 2. The van der Waals surface area contributed by atoms with Gasteiger partial charge in [-0.05, 0) is 65.9 Å². The fourth-order valence-electron chi connectivity index (χ4n) is 5.87. The van der Waals surface area contributed by atoms with E-state index >= 15 is 0 Å². The second-order valence-corrected chi connectivity index (χ2v) is 13.0. The normalized spacial score (nSPS) is 21.2. The van der Waals surface area contributed by atoms with E-state index < -0.39 is 5.85 Å². The van der Waals surface area contributed by atoms with Crippen LogP contribution in [0.2, 0.25) is 5.02 Å². The number of fused-ring (bicyclic) bond motifs is 4. The van der Waals surface area contributed by atoms with E-state index in [1.54, 1.807) is 0 Å². The zero-order chi connectivity index (χ0) is 29.8. The maximum atomic E-state index is 13.3. The molecule has 1 fully saturated rings. The monoisotopic (exact) mass is 679 g/mol. The SMILES string of the molecule is O=C1NC2(Oc3ccc(Br)cc3C3CC(c4ccc(Cl)cc4)=NN32)C(=Cc2cn(-c3ccccc3)nc2-c2ccccc2)S1. The number of rotatable bonds is 4. The summed E-state index contributed by atoms with van der Waals surface area (Å²) in [6, 6.07) is 33.4. The Morgan fingerprint density at radius 3 is 2.50 bits per heavy atom. The average Bonchev–Trinajstić information content (AvgIpc) is 3.76. The third kappa shape index (κ3) is 4.63. The molecule has 1 aromatic heterocycles. The number of ether oxygens (including phenoxy) is 1. The van der Waals surface area contributed by atoms with Gasteiger partial charge in [0.25, 0.3) is 5.24 Å². The van der Waals surface area contributed by atoms with E-state index in [9.17, 15) is 4.79 Å². The number of para-hydroxylation sites is 1. The van der Waals surface area contributed by atoms with Crippen molar-refractivity contribution in [3.05, 3.63) is 140 Å². The molecule has 44 heavy (non-hydrogen) atoms. The molecular weight excluding hydrogens is 658 g/mol. The summed E-state index contributed by atoms with van der Waals surface area (Å²) < 4.78 is 9.58. The molecule has 8 rings (SSSR count). The van der Waals surface area contributed by atoms with E-state index in [1.165, 1.54) is 0 Å². The highest BCUT2D eigenvalue weighted by Gasteiger charge is 2.58. The summed E-state index contributed by atoms with van der Waals surface area (Å²) >= 11 is 10.9. The van der Waals surface area contributed by atoms with Crippen LogP contribution in [0.3, 0.4) is 0 Å². The van der Waals surface area contributed by atoms with Crippen LogP contribution in [0, 0.1) is 0 Å². The number of nitrogens with one attached hydrogen (secondary N) is 1. The fourth-order valence-corrected chi connectivity index (χ4v) is 7.28. The molecule has 0 aliphatic carbocycles. The lowest BCUT2D eigenvalue weighted by atomic mass is 9.95. The molecule has 5 aromatic rings. The van der Waals surface area contributed by atoms with Gasteiger partial charge in [-0.15, -0.1) is 0 Å². The number of nitrogens with zero attached hydrogens (tertiary/aromatic N) is 4. The number of amides is 1. The summed E-state index contributed by atoms with van der Waals surface area (Å²) in [5.74, 6) is -0.650. The molecule has 0 saturated carbocycles. The highest BCUT2D eigenvalue weighted by molar-refractivity contribution is 9.10. The van der Waals surface area contributed by atoms with E-state index in [-0.39, 0.29) is 11.3 Å². The van der Waals surface area contributed by atoms with Crippen molar-refractivity contribution >= 4 is 56.3 Å². The molecule has 1 amide bonds. The summed E-state index contributed by atoms with van der Waals surface area (Å²) in [6.07, 6.45) is 4.61. The Morgan fingerprint density at radius 2 is 1.73 bits per heavy atom. The van der Waals surface area contributed by atoms with Crippen LogP contribution in [0.1, 0.15) is 29.2 Å². The summed E-state index contributed by atoms with van der Waals surface area (Å²) in [4.78, 5) is 13.9. The van der Waals surface area contributed by atoms with Crippen molar-refractivity contribution in [1.82, 2.24) is 20.1 Å². The lowest BCUT2D eigenvalue weighted by Crippen LogP contribution is -2.61. The molecule has 0 bridgehead atoms. The van der Waals surface area contributed by atoms with Gasteiger partial charge in [0.15, 0.2) is 0 Å². The zero-order valence-electron chi connectivity index (χ0n) is 23.0. The molecule has 2 unspecified atom stereocenters. The quantitative estimate of drug-likeness (QED) is 0.206. The van der Waals surface area contributed by atoms with E-state index in [0.29, 0.717) is 22.1 Å². The number of thioether (sulfide) groups is 1. The predicted octanol–water partition coefficient (Wildman–Crippen LogP) is 8.65. The lowest BCUT2D eigenvalue weighted by molar-refractivity contribution is -0.0949. The van der Waals surface area contributed by atoms with Gasteiger partial charge in [0.1, 0.15) is 5.75 Å². The number of hydrogen-bond donors (Lipinski definition) is 1. The summed E-state index contributed by atoms with van der Waals surface area (Å²) in [5, 5.41) is 15.6. The number of halogens is 2.